The molecule has 0 bridgehead atoms. The fraction of sp³-hybridized carbons (Fsp3) is 0.0667. The number of aromatic carboxylic acids is 1. The molecule has 0 atom stereocenters. The van der Waals surface area contributed by atoms with Gasteiger partial charge in [0.1, 0.15) is 11.6 Å². The molecule has 0 unspecified atom stereocenters. The molecular formula is C15H10FNO3. The molecule has 1 N–H and O–H groups in total. The fourth-order valence-corrected chi connectivity index (χ4v) is 1.86. The van der Waals surface area contributed by atoms with Gasteiger partial charge in [0.05, 0.1) is 29.9 Å². The lowest BCUT2D eigenvalue weighted by Gasteiger charge is -2.11. The van der Waals surface area contributed by atoms with Crippen molar-refractivity contribution in [2.24, 2.45) is 0 Å². The number of carboxylic acid groups (broad SMARTS) is 1. The van der Waals surface area contributed by atoms with E-state index in [2.05, 4.69) is 0 Å². The first-order chi connectivity index (χ1) is 9.56. The van der Waals surface area contributed by atoms with Crippen LogP contribution in [0.1, 0.15) is 15.9 Å². The van der Waals surface area contributed by atoms with Gasteiger partial charge in [-0.3, -0.25) is 0 Å². The number of ether oxygens (including phenoxy) is 1. The van der Waals surface area contributed by atoms with Gasteiger partial charge < -0.3 is 9.84 Å². The molecule has 0 radical (unpaired) electrons. The zero-order valence-electron chi connectivity index (χ0n) is 10.6. The first kappa shape index (κ1) is 13.6. The molecule has 0 saturated heterocycles. The molecule has 100 valence electrons. The van der Waals surface area contributed by atoms with Crippen molar-refractivity contribution in [3.8, 4) is 22.9 Å². The summed E-state index contributed by atoms with van der Waals surface area (Å²) in [6.07, 6.45) is 0. The number of carbonyl (C=O) groups is 1. The number of methoxy groups -OCH3 is 1. The van der Waals surface area contributed by atoms with Gasteiger partial charge in [0.25, 0.3) is 0 Å². The second kappa shape index (κ2) is 5.41. The molecule has 0 aliphatic heterocycles. The van der Waals surface area contributed by atoms with Crippen molar-refractivity contribution in [1.29, 1.82) is 5.26 Å². The van der Waals surface area contributed by atoms with E-state index >= 15 is 0 Å². The summed E-state index contributed by atoms with van der Waals surface area (Å²) in [7, 11) is 1.34. The summed E-state index contributed by atoms with van der Waals surface area (Å²) in [6.45, 7) is 0. The Kier molecular flexibility index (Phi) is 3.67. The Hall–Kier alpha value is -2.87. The zero-order chi connectivity index (χ0) is 14.7. The lowest BCUT2D eigenvalue weighted by atomic mass is 10.0. The van der Waals surface area contributed by atoms with Crippen LogP contribution in [-0.4, -0.2) is 18.2 Å². The number of halogens is 1. The lowest BCUT2D eigenvalue weighted by molar-refractivity contribution is 0.0696. The topological polar surface area (TPSA) is 70.3 Å². The predicted octanol–water partition coefficient (Wildman–Crippen LogP) is 3.07. The lowest BCUT2D eigenvalue weighted by Crippen LogP contribution is -2.00. The SMILES string of the molecule is COc1cc(C(=O)O)cc(F)c1-c1ccc(C#N)cc1. The Bertz CT molecular complexity index is 702. The Morgan fingerprint density at radius 1 is 1.30 bits per heavy atom. The summed E-state index contributed by atoms with van der Waals surface area (Å²) in [5.74, 6) is -1.79. The number of rotatable bonds is 3. The number of hydrogen-bond acceptors (Lipinski definition) is 3. The highest BCUT2D eigenvalue weighted by Gasteiger charge is 2.16. The summed E-state index contributed by atoms with van der Waals surface area (Å²) in [5.41, 5.74) is 0.948. The predicted molar refractivity (Wildman–Crippen MR) is 70.1 cm³/mol. The third kappa shape index (κ3) is 2.45. The number of hydrogen-bond donors (Lipinski definition) is 1. The summed E-state index contributed by atoms with van der Waals surface area (Å²) in [4.78, 5) is 10.9. The highest BCUT2D eigenvalue weighted by Crippen LogP contribution is 2.34. The van der Waals surface area contributed by atoms with Gasteiger partial charge in [0.15, 0.2) is 0 Å². The maximum Gasteiger partial charge on any atom is 0.335 e. The molecule has 2 rings (SSSR count). The minimum absolute atomic E-state index is 0.132. The second-order valence-corrected chi connectivity index (χ2v) is 4.03. The molecular weight excluding hydrogens is 261 g/mol. The molecule has 0 fully saturated rings. The van der Waals surface area contributed by atoms with Crippen molar-refractivity contribution in [3.05, 3.63) is 53.3 Å². The van der Waals surface area contributed by atoms with E-state index in [9.17, 15) is 9.18 Å². The molecule has 0 amide bonds. The first-order valence-electron chi connectivity index (χ1n) is 5.68. The normalized spacial score (nSPS) is 9.85. The van der Waals surface area contributed by atoms with E-state index in [1.54, 1.807) is 24.3 Å². The summed E-state index contributed by atoms with van der Waals surface area (Å²) < 4.78 is 19.2. The minimum atomic E-state index is -1.23. The maximum atomic E-state index is 14.1. The summed E-state index contributed by atoms with van der Waals surface area (Å²) in [5, 5.41) is 17.6. The quantitative estimate of drug-likeness (QED) is 0.931. The van der Waals surface area contributed by atoms with E-state index in [1.165, 1.54) is 13.2 Å². The van der Waals surface area contributed by atoms with Crippen molar-refractivity contribution < 1.29 is 19.0 Å². The van der Waals surface area contributed by atoms with E-state index in [0.29, 0.717) is 11.1 Å². The van der Waals surface area contributed by atoms with Crippen LogP contribution in [0.25, 0.3) is 11.1 Å². The Balaban J connectivity index is 2.60. The van der Waals surface area contributed by atoms with Crippen LogP contribution < -0.4 is 4.74 Å². The van der Waals surface area contributed by atoms with Crippen LogP contribution in [-0.2, 0) is 0 Å². The van der Waals surface area contributed by atoms with Crippen LogP contribution in [0, 0.1) is 17.1 Å². The van der Waals surface area contributed by atoms with Gasteiger partial charge in [-0.15, -0.1) is 0 Å². The second-order valence-electron chi connectivity index (χ2n) is 4.03. The maximum absolute atomic E-state index is 14.1. The van der Waals surface area contributed by atoms with Gasteiger partial charge in [-0.2, -0.15) is 5.26 Å². The van der Waals surface area contributed by atoms with E-state index in [4.69, 9.17) is 15.1 Å². The molecule has 4 nitrogen and oxygen atoms in total. The molecule has 0 saturated carbocycles. The number of nitriles is 1. The molecule has 2 aromatic rings. The molecule has 0 heterocycles. The highest BCUT2D eigenvalue weighted by atomic mass is 19.1. The van der Waals surface area contributed by atoms with Gasteiger partial charge in [-0.25, -0.2) is 9.18 Å². The average Bonchev–Trinajstić information content (AvgIpc) is 2.46. The molecule has 5 heteroatoms. The van der Waals surface area contributed by atoms with E-state index in [-0.39, 0.29) is 16.9 Å². The molecule has 0 spiro atoms. The van der Waals surface area contributed by atoms with E-state index in [0.717, 1.165) is 6.07 Å². The van der Waals surface area contributed by atoms with Crippen LogP contribution in [0.5, 0.6) is 5.75 Å². The van der Waals surface area contributed by atoms with Crippen LogP contribution in [0.3, 0.4) is 0 Å². The number of nitrogens with zero attached hydrogens (tertiary/aromatic N) is 1. The summed E-state index contributed by atoms with van der Waals surface area (Å²) in [6, 6.07) is 10.5. The Labute approximate surface area is 114 Å². The van der Waals surface area contributed by atoms with Crippen molar-refractivity contribution in [3.63, 3.8) is 0 Å². The van der Waals surface area contributed by atoms with Crippen molar-refractivity contribution in [2.45, 2.75) is 0 Å². The fourth-order valence-electron chi connectivity index (χ4n) is 1.86. The standard InChI is InChI=1S/C15H10FNO3/c1-20-13-7-11(15(18)19)6-12(16)14(13)10-4-2-9(8-17)3-5-10/h2-7H,1H3,(H,18,19). The van der Waals surface area contributed by atoms with Gasteiger partial charge in [-0.1, -0.05) is 12.1 Å². The molecule has 0 aliphatic carbocycles. The molecule has 0 aliphatic rings. The number of carboxylic acids is 1. The van der Waals surface area contributed by atoms with E-state index < -0.39 is 11.8 Å². The minimum Gasteiger partial charge on any atom is -0.496 e. The van der Waals surface area contributed by atoms with Gasteiger partial charge in [0, 0.05) is 0 Å². The molecule has 2 aromatic carbocycles. The van der Waals surface area contributed by atoms with Crippen LogP contribution >= 0.6 is 0 Å². The Morgan fingerprint density at radius 2 is 1.95 bits per heavy atom. The monoisotopic (exact) mass is 271 g/mol. The molecule has 20 heavy (non-hydrogen) atoms. The van der Waals surface area contributed by atoms with Gasteiger partial charge in [0.2, 0.25) is 0 Å². The molecule has 0 aromatic heterocycles. The largest absolute Gasteiger partial charge is 0.496 e. The summed E-state index contributed by atoms with van der Waals surface area (Å²) >= 11 is 0. The van der Waals surface area contributed by atoms with Gasteiger partial charge >= 0.3 is 5.97 Å². The Morgan fingerprint density at radius 3 is 2.45 bits per heavy atom. The third-order valence-electron chi connectivity index (χ3n) is 2.82. The highest BCUT2D eigenvalue weighted by molar-refractivity contribution is 5.90. The van der Waals surface area contributed by atoms with Crippen molar-refractivity contribution in [2.75, 3.05) is 7.11 Å². The first-order valence-corrected chi connectivity index (χ1v) is 5.68. The number of benzene rings is 2. The van der Waals surface area contributed by atoms with Crippen LogP contribution in [0.2, 0.25) is 0 Å². The van der Waals surface area contributed by atoms with Gasteiger partial charge in [-0.05, 0) is 29.8 Å². The zero-order valence-corrected chi connectivity index (χ0v) is 10.6. The van der Waals surface area contributed by atoms with Crippen molar-refractivity contribution >= 4 is 5.97 Å². The third-order valence-corrected chi connectivity index (χ3v) is 2.82. The van der Waals surface area contributed by atoms with Crippen LogP contribution in [0.15, 0.2) is 36.4 Å². The van der Waals surface area contributed by atoms with Crippen LogP contribution in [0.4, 0.5) is 4.39 Å². The smallest absolute Gasteiger partial charge is 0.335 e. The average molecular weight is 271 g/mol. The van der Waals surface area contributed by atoms with E-state index in [1.807, 2.05) is 6.07 Å². The van der Waals surface area contributed by atoms with Crippen molar-refractivity contribution in [1.82, 2.24) is 0 Å².